The first-order valence-electron chi connectivity index (χ1n) is 5.51. The molecule has 1 aliphatic rings. The number of benzene rings is 1. The van der Waals surface area contributed by atoms with E-state index in [4.69, 9.17) is 0 Å². The molecular weight excluding hydrogens is 210 g/mol. The third-order valence-corrected chi connectivity index (χ3v) is 2.62. The van der Waals surface area contributed by atoms with Crippen molar-refractivity contribution in [2.24, 2.45) is 9.98 Å². The number of para-hydroxylation sites is 1. The Bertz CT molecular complexity index is 585. The van der Waals surface area contributed by atoms with E-state index in [2.05, 4.69) is 15.0 Å². The molecule has 0 saturated heterocycles. The van der Waals surface area contributed by atoms with Gasteiger partial charge in [0.1, 0.15) is 0 Å². The number of aliphatic imine (C=N–C) groups is 2. The first-order valence-corrected chi connectivity index (χ1v) is 5.51. The molecule has 0 N–H and O–H groups in total. The molecule has 3 rings (SSSR count). The summed E-state index contributed by atoms with van der Waals surface area (Å²) in [7, 11) is 0. The molecule has 0 amide bonds. The fourth-order valence-corrected chi connectivity index (χ4v) is 1.78. The molecule has 2 heterocycles. The predicted octanol–water partition coefficient (Wildman–Crippen LogP) is 2.63. The molecular formula is C14H11N3. The van der Waals surface area contributed by atoms with E-state index in [9.17, 15) is 0 Å². The van der Waals surface area contributed by atoms with E-state index in [0.717, 1.165) is 22.7 Å². The molecule has 0 saturated carbocycles. The smallest absolute Gasteiger partial charge is 0.0881 e. The molecule has 82 valence electrons. The van der Waals surface area contributed by atoms with E-state index in [1.165, 1.54) is 0 Å². The van der Waals surface area contributed by atoms with Crippen LogP contribution in [0.15, 0.2) is 58.6 Å². The largest absolute Gasteiger partial charge is 0.286 e. The van der Waals surface area contributed by atoms with Crippen LogP contribution >= 0.6 is 0 Å². The van der Waals surface area contributed by atoms with Crippen LogP contribution in [0.4, 0.5) is 5.69 Å². The van der Waals surface area contributed by atoms with Crippen molar-refractivity contribution < 1.29 is 0 Å². The summed E-state index contributed by atoms with van der Waals surface area (Å²) in [4.78, 5) is 13.3. The second-order valence-electron chi connectivity index (χ2n) is 3.80. The molecule has 0 aliphatic carbocycles. The molecule has 3 nitrogen and oxygen atoms in total. The Balaban J connectivity index is 2.10. The highest BCUT2D eigenvalue weighted by molar-refractivity contribution is 6.05. The van der Waals surface area contributed by atoms with Crippen LogP contribution in [-0.2, 0) is 0 Å². The van der Waals surface area contributed by atoms with Crippen LogP contribution in [0.5, 0.6) is 0 Å². The SMILES string of the molecule is C1=NCC(c2ccccn2)=Nc2ccccc21. The summed E-state index contributed by atoms with van der Waals surface area (Å²) in [5.74, 6) is 0. The van der Waals surface area contributed by atoms with E-state index in [1.54, 1.807) is 6.20 Å². The van der Waals surface area contributed by atoms with Crippen molar-refractivity contribution in [2.75, 3.05) is 6.54 Å². The van der Waals surface area contributed by atoms with Gasteiger partial charge in [0, 0.05) is 18.0 Å². The fraction of sp³-hybridized carbons (Fsp3) is 0.0714. The molecule has 1 aliphatic heterocycles. The Hall–Kier alpha value is -2.29. The second-order valence-corrected chi connectivity index (χ2v) is 3.80. The van der Waals surface area contributed by atoms with Crippen LogP contribution in [0.2, 0.25) is 0 Å². The lowest BCUT2D eigenvalue weighted by Crippen LogP contribution is -2.06. The van der Waals surface area contributed by atoms with Crippen LogP contribution in [0.3, 0.4) is 0 Å². The van der Waals surface area contributed by atoms with Crippen molar-refractivity contribution in [1.82, 2.24) is 4.98 Å². The van der Waals surface area contributed by atoms with Gasteiger partial charge in [-0.25, -0.2) is 4.99 Å². The van der Waals surface area contributed by atoms with Crippen LogP contribution in [0, 0.1) is 0 Å². The molecule has 2 aromatic rings. The van der Waals surface area contributed by atoms with Gasteiger partial charge in [0.15, 0.2) is 0 Å². The lowest BCUT2D eigenvalue weighted by atomic mass is 10.2. The van der Waals surface area contributed by atoms with Crippen molar-refractivity contribution in [3.63, 3.8) is 0 Å². The Kier molecular flexibility index (Phi) is 2.50. The molecule has 0 atom stereocenters. The molecule has 0 unspecified atom stereocenters. The normalized spacial score (nSPS) is 13.8. The minimum absolute atomic E-state index is 0.575. The fourth-order valence-electron chi connectivity index (χ4n) is 1.78. The Labute approximate surface area is 99.6 Å². The Morgan fingerprint density at radius 1 is 0.941 bits per heavy atom. The molecule has 1 aromatic carbocycles. The lowest BCUT2D eigenvalue weighted by molar-refractivity contribution is 1.23. The quantitative estimate of drug-likeness (QED) is 0.729. The summed E-state index contributed by atoms with van der Waals surface area (Å²) in [5, 5.41) is 0. The molecule has 0 radical (unpaired) electrons. The Morgan fingerprint density at radius 2 is 1.82 bits per heavy atom. The highest BCUT2D eigenvalue weighted by atomic mass is 14.9. The highest BCUT2D eigenvalue weighted by Crippen LogP contribution is 2.20. The second kappa shape index (κ2) is 4.29. The van der Waals surface area contributed by atoms with Crippen molar-refractivity contribution >= 4 is 17.6 Å². The number of aromatic nitrogens is 1. The Morgan fingerprint density at radius 3 is 2.71 bits per heavy atom. The minimum Gasteiger partial charge on any atom is -0.286 e. The summed E-state index contributed by atoms with van der Waals surface area (Å²) in [6.45, 7) is 0.575. The zero-order valence-electron chi connectivity index (χ0n) is 9.24. The standard InChI is InChI=1S/C14H11N3/c1-2-6-12-11(5-1)9-15-10-14(17-12)13-7-3-4-8-16-13/h1-9H,10H2. The first-order chi connectivity index (χ1) is 8.43. The number of nitrogens with zero attached hydrogens (tertiary/aromatic N) is 3. The van der Waals surface area contributed by atoms with Crippen LogP contribution in [-0.4, -0.2) is 23.5 Å². The van der Waals surface area contributed by atoms with E-state index in [0.29, 0.717) is 6.54 Å². The molecule has 1 aromatic heterocycles. The number of pyridine rings is 1. The predicted molar refractivity (Wildman–Crippen MR) is 69.3 cm³/mol. The average molecular weight is 221 g/mol. The van der Waals surface area contributed by atoms with Crippen LogP contribution in [0.25, 0.3) is 0 Å². The van der Waals surface area contributed by atoms with Crippen molar-refractivity contribution in [3.05, 3.63) is 59.9 Å². The zero-order chi connectivity index (χ0) is 11.5. The minimum atomic E-state index is 0.575. The van der Waals surface area contributed by atoms with Gasteiger partial charge in [0.05, 0.1) is 23.6 Å². The van der Waals surface area contributed by atoms with Gasteiger partial charge >= 0.3 is 0 Å². The molecule has 3 heteroatoms. The summed E-state index contributed by atoms with van der Waals surface area (Å²) in [5.41, 5.74) is 3.81. The van der Waals surface area contributed by atoms with Gasteiger partial charge in [0.2, 0.25) is 0 Å². The van der Waals surface area contributed by atoms with Crippen molar-refractivity contribution in [3.8, 4) is 0 Å². The average Bonchev–Trinajstić information content (AvgIpc) is 2.62. The maximum absolute atomic E-state index is 4.64. The molecule has 0 spiro atoms. The van der Waals surface area contributed by atoms with Crippen molar-refractivity contribution in [2.45, 2.75) is 0 Å². The number of hydrogen-bond acceptors (Lipinski definition) is 3. The highest BCUT2D eigenvalue weighted by Gasteiger charge is 2.08. The van der Waals surface area contributed by atoms with Gasteiger partial charge in [0.25, 0.3) is 0 Å². The van der Waals surface area contributed by atoms with Gasteiger partial charge in [-0.3, -0.25) is 9.98 Å². The lowest BCUT2D eigenvalue weighted by Gasteiger charge is -2.01. The number of hydrogen-bond donors (Lipinski definition) is 0. The summed E-state index contributed by atoms with van der Waals surface area (Å²) < 4.78 is 0. The third-order valence-electron chi connectivity index (χ3n) is 2.62. The van der Waals surface area contributed by atoms with E-state index < -0.39 is 0 Å². The van der Waals surface area contributed by atoms with Gasteiger partial charge in [-0.15, -0.1) is 0 Å². The van der Waals surface area contributed by atoms with E-state index >= 15 is 0 Å². The maximum atomic E-state index is 4.64. The maximum Gasteiger partial charge on any atom is 0.0881 e. The summed E-state index contributed by atoms with van der Waals surface area (Å²) in [6.07, 6.45) is 3.65. The number of fused-ring (bicyclic) bond motifs is 1. The topological polar surface area (TPSA) is 37.6 Å². The van der Waals surface area contributed by atoms with Gasteiger partial charge < -0.3 is 0 Å². The first kappa shape index (κ1) is 9.90. The monoisotopic (exact) mass is 221 g/mol. The van der Waals surface area contributed by atoms with Gasteiger partial charge in [-0.05, 0) is 18.2 Å². The third kappa shape index (κ3) is 1.99. The molecule has 0 bridgehead atoms. The van der Waals surface area contributed by atoms with Crippen LogP contribution in [0.1, 0.15) is 11.3 Å². The zero-order valence-corrected chi connectivity index (χ0v) is 9.24. The van der Waals surface area contributed by atoms with Crippen molar-refractivity contribution in [1.29, 1.82) is 0 Å². The summed E-state index contributed by atoms with van der Waals surface area (Å²) >= 11 is 0. The molecule has 0 fully saturated rings. The van der Waals surface area contributed by atoms with Gasteiger partial charge in [-0.1, -0.05) is 24.3 Å². The van der Waals surface area contributed by atoms with Crippen LogP contribution < -0.4 is 0 Å². The summed E-state index contributed by atoms with van der Waals surface area (Å²) in [6, 6.07) is 13.8. The van der Waals surface area contributed by atoms with Gasteiger partial charge in [-0.2, -0.15) is 0 Å². The number of rotatable bonds is 1. The van der Waals surface area contributed by atoms with E-state index in [-0.39, 0.29) is 0 Å². The van der Waals surface area contributed by atoms with E-state index in [1.807, 2.05) is 48.7 Å². The molecule has 17 heavy (non-hydrogen) atoms.